The zero-order chi connectivity index (χ0) is 57.9. The fraction of sp³-hybridized carbons (Fsp3) is 0.490. The summed E-state index contributed by atoms with van der Waals surface area (Å²) in [5, 5.41) is 0. The third kappa shape index (κ3) is 17.3. The summed E-state index contributed by atoms with van der Waals surface area (Å²) in [6.07, 6.45) is 8.53. The molecule has 6 rings (SSSR count). The van der Waals surface area contributed by atoms with E-state index in [2.05, 4.69) is 4.72 Å². The van der Waals surface area contributed by atoms with Gasteiger partial charge in [-0.1, -0.05) is 37.1 Å². The summed E-state index contributed by atoms with van der Waals surface area (Å²) in [6, 6.07) is 14.8. The van der Waals surface area contributed by atoms with Crippen molar-refractivity contribution in [2.24, 2.45) is 0 Å². The molecule has 0 bridgehead atoms. The van der Waals surface area contributed by atoms with Gasteiger partial charge in [0.2, 0.25) is 20.0 Å². The minimum absolute atomic E-state index is 0.306. The van der Waals surface area contributed by atoms with Crippen LogP contribution in [0.15, 0.2) is 102 Å². The molecule has 0 fully saturated rings. The second-order valence-electron chi connectivity index (χ2n) is 21.0. The molecule has 2 aliphatic rings. The van der Waals surface area contributed by atoms with E-state index in [-0.39, 0.29) is 13.2 Å². The summed E-state index contributed by atoms with van der Waals surface area (Å²) in [4.78, 5) is 21.8. The highest BCUT2D eigenvalue weighted by Crippen LogP contribution is 2.40. The summed E-state index contributed by atoms with van der Waals surface area (Å²) >= 11 is 0. The molecule has 0 saturated carbocycles. The highest BCUT2D eigenvalue weighted by molar-refractivity contribution is 7.92. The van der Waals surface area contributed by atoms with Gasteiger partial charge in [-0.3, -0.25) is 0 Å². The van der Waals surface area contributed by atoms with Gasteiger partial charge in [-0.15, -0.1) is 0 Å². The van der Waals surface area contributed by atoms with E-state index in [1.54, 1.807) is 77.9 Å². The van der Waals surface area contributed by atoms with Gasteiger partial charge in [0.15, 0.2) is 52.6 Å². The molecule has 4 aromatic carbocycles. The molecule has 0 amide bonds. The van der Waals surface area contributed by atoms with Crippen molar-refractivity contribution in [3.8, 4) is 11.5 Å². The van der Waals surface area contributed by atoms with Crippen LogP contribution < -0.4 is 14.2 Å². The quantitative estimate of drug-likeness (QED) is 0.0956. The maximum Gasteiger partial charge on any atom is 0.344 e. The number of hydrogen-bond donors (Lipinski definition) is 1. The van der Waals surface area contributed by atoms with Crippen molar-refractivity contribution >= 4 is 71.3 Å². The van der Waals surface area contributed by atoms with Crippen LogP contribution in [0.1, 0.15) is 114 Å². The molecule has 2 unspecified atom stereocenters. The number of esters is 2. The Kier molecular flexibility index (Phi) is 19.4. The largest absolute Gasteiger partial charge is 0.482 e. The first-order valence-electron chi connectivity index (χ1n) is 24.2. The maximum atomic E-state index is 13.8. The Morgan fingerprint density at radius 1 is 0.519 bits per heavy atom. The van der Waals surface area contributed by atoms with Gasteiger partial charge in [-0.2, -0.15) is 4.31 Å². The van der Waals surface area contributed by atoms with Gasteiger partial charge < -0.3 is 18.9 Å². The highest BCUT2D eigenvalue weighted by Gasteiger charge is 2.35. The molecule has 1 N–H and O–H groups in total. The summed E-state index contributed by atoms with van der Waals surface area (Å²) in [6.45, 7) is 9.90. The van der Waals surface area contributed by atoms with Gasteiger partial charge >= 0.3 is 11.9 Å². The average molecular weight is 1190 g/mol. The molecule has 77 heavy (non-hydrogen) atoms. The van der Waals surface area contributed by atoms with E-state index in [4.69, 9.17) is 18.9 Å². The van der Waals surface area contributed by atoms with Gasteiger partial charge in [0.1, 0.15) is 22.7 Å². The molecule has 4 aromatic rings. The van der Waals surface area contributed by atoms with E-state index in [9.17, 15) is 60.1 Å². The number of rotatable bonds is 16. The average Bonchev–Trinajstić information content (AvgIpc) is 3.64. The predicted octanol–water partition coefficient (Wildman–Crippen LogP) is 6.26. The maximum absolute atomic E-state index is 13.8. The number of ether oxygens (including phenoxy) is 4. The molecule has 2 aliphatic carbocycles. The van der Waals surface area contributed by atoms with Gasteiger partial charge in [-0.25, -0.2) is 64.8 Å². The summed E-state index contributed by atoms with van der Waals surface area (Å²) in [5.74, 6) is -0.168. The van der Waals surface area contributed by atoms with Crippen LogP contribution in [-0.4, -0.2) is 123 Å². The van der Waals surface area contributed by atoms with Gasteiger partial charge in [0.05, 0.1) is 35.4 Å². The molecule has 0 heterocycles. The number of hydrogen-bond acceptors (Lipinski definition) is 18. The Morgan fingerprint density at radius 2 is 0.883 bits per heavy atom. The van der Waals surface area contributed by atoms with Crippen LogP contribution in [0, 0.1) is 0 Å². The fourth-order valence-electron chi connectivity index (χ4n) is 8.57. The van der Waals surface area contributed by atoms with E-state index in [1.807, 2.05) is 0 Å². The lowest BCUT2D eigenvalue weighted by Crippen LogP contribution is -2.32. The zero-order valence-electron chi connectivity index (χ0n) is 44.9. The van der Waals surface area contributed by atoms with Crippen molar-refractivity contribution in [2.75, 3.05) is 45.3 Å². The normalized spacial score (nSPS) is 16.8. The SMILES string of the molecule is CC(C)(C)OC(=O)COc1cccc2c1CCCCC2NS(=O)(=O)c1cc(S(C)(=O)=O)cc(S(C)(=O)=O)c1.CN(C1CCCCc2c(OCC(=O)OC(C)(C)C)cccc21)S(=O)(=O)c1cc(S(C)(=O)=O)cc(S(C)(=O)=O)c1. The minimum atomic E-state index is -4.34. The molecule has 0 spiro atoms. The second-order valence-corrected chi connectivity index (χ2v) is 32.7. The lowest BCUT2D eigenvalue weighted by atomic mass is 9.98. The number of sulfone groups is 4. The third-order valence-corrected chi connectivity index (χ3v) is 19.7. The van der Waals surface area contributed by atoms with E-state index >= 15 is 0 Å². The summed E-state index contributed by atoms with van der Waals surface area (Å²) in [7, 11) is -22.9. The third-order valence-electron chi connectivity index (χ3n) is 12.1. The molecule has 426 valence electrons. The Balaban J connectivity index is 0.000000284. The summed E-state index contributed by atoms with van der Waals surface area (Å²) < 4.78 is 178. The van der Waals surface area contributed by atoms with Crippen LogP contribution in [0.4, 0.5) is 0 Å². The van der Waals surface area contributed by atoms with Crippen molar-refractivity contribution in [3.63, 3.8) is 0 Å². The van der Waals surface area contributed by atoms with Crippen molar-refractivity contribution in [3.05, 3.63) is 95.1 Å². The molecule has 20 nitrogen and oxygen atoms in total. The Labute approximate surface area is 454 Å². The van der Waals surface area contributed by atoms with E-state index < -0.39 is 124 Å². The number of fused-ring (bicyclic) bond motifs is 2. The Bertz CT molecular complexity index is 3480. The Hall–Kier alpha value is -4.96. The van der Waals surface area contributed by atoms with E-state index in [0.717, 1.165) is 89.7 Å². The molecule has 0 aliphatic heterocycles. The number of sulfonamides is 2. The highest BCUT2D eigenvalue weighted by atomic mass is 32.2. The van der Waals surface area contributed by atoms with Gasteiger partial charge in [-0.05, 0) is 151 Å². The predicted molar refractivity (Wildman–Crippen MR) is 287 cm³/mol. The number of nitrogens with one attached hydrogen (secondary N) is 1. The standard InChI is InChI=1S/C26H35NO9S3.C25H33NO9S3/c1-26(2,3)36-25(28)17-35-24-13-9-11-21-22(24)10-7-8-12-23(21)27(4)39(33,34)20-15-18(37(5,29)30)14-19(16-20)38(6,31)32;1-25(2,3)35-24(27)16-34-23-12-8-10-20-21(23)9-6-7-11-22(20)26-38(32,33)19-14-17(36(4,28)29)13-18(15-19)37(5,30)31/h9,11,13-16,23H,7-8,10,12,17H2,1-6H3;8,10,12-15,22,26H,6-7,9,11,16H2,1-5H3. The molecule has 26 heteroatoms. The molecule has 0 aromatic heterocycles. The second kappa shape index (κ2) is 23.8. The fourth-order valence-corrected chi connectivity index (χ4v) is 14.5. The number of carbonyl (C=O) groups excluding carboxylic acids is 2. The lowest BCUT2D eigenvalue weighted by molar-refractivity contribution is -0.158. The number of carbonyl (C=O) groups is 2. The van der Waals surface area contributed by atoms with Crippen LogP contribution in [0.3, 0.4) is 0 Å². The smallest absolute Gasteiger partial charge is 0.344 e. The number of benzene rings is 4. The van der Waals surface area contributed by atoms with Crippen LogP contribution >= 0.6 is 0 Å². The van der Waals surface area contributed by atoms with Crippen molar-refractivity contribution < 1.29 is 79.0 Å². The topological polar surface area (TPSA) is 291 Å². The van der Waals surface area contributed by atoms with Crippen molar-refractivity contribution in [2.45, 2.75) is 146 Å². The lowest BCUT2D eigenvalue weighted by Gasteiger charge is -2.29. The first-order chi connectivity index (χ1) is 35.2. The molecule has 0 saturated heterocycles. The first kappa shape index (κ1) is 62.9. The number of nitrogens with zero attached hydrogens (tertiary/aromatic N) is 1. The van der Waals surface area contributed by atoms with Crippen LogP contribution in [0.5, 0.6) is 11.5 Å². The first-order valence-corrected chi connectivity index (χ1v) is 34.7. The van der Waals surface area contributed by atoms with Crippen LogP contribution in [0.2, 0.25) is 0 Å². The van der Waals surface area contributed by atoms with Crippen molar-refractivity contribution in [1.82, 2.24) is 9.03 Å². The molecule has 0 radical (unpaired) electrons. The minimum Gasteiger partial charge on any atom is -0.482 e. The van der Waals surface area contributed by atoms with Crippen LogP contribution in [-0.2, 0) is 91.3 Å². The van der Waals surface area contributed by atoms with E-state index in [0.29, 0.717) is 61.2 Å². The molecular weight excluding hydrogens is 1120 g/mol. The monoisotopic (exact) mass is 1190 g/mol. The van der Waals surface area contributed by atoms with Gasteiger partial charge in [0.25, 0.3) is 0 Å². The molecule has 2 atom stereocenters. The molecular formula is C51H68N2O18S6. The van der Waals surface area contributed by atoms with Crippen LogP contribution in [0.25, 0.3) is 0 Å². The Morgan fingerprint density at radius 3 is 1.29 bits per heavy atom. The van der Waals surface area contributed by atoms with Gasteiger partial charge in [0, 0.05) is 38.1 Å². The van der Waals surface area contributed by atoms with E-state index in [1.165, 1.54) is 7.05 Å². The van der Waals surface area contributed by atoms with Crippen molar-refractivity contribution in [1.29, 1.82) is 0 Å². The zero-order valence-corrected chi connectivity index (χ0v) is 49.8. The summed E-state index contributed by atoms with van der Waals surface area (Å²) in [5.41, 5.74) is 1.55.